The fourth-order valence-electron chi connectivity index (χ4n) is 3.85. The quantitative estimate of drug-likeness (QED) is 0.780. The fraction of sp³-hybridized carbons (Fsp3) is 0.273. The minimum atomic E-state index is -0.154. The first-order chi connectivity index (χ1) is 12.2. The van der Waals surface area contributed by atoms with Crippen LogP contribution in [-0.4, -0.2) is 22.8 Å². The summed E-state index contributed by atoms with van der Waals surface area (Å²) in [5.74, 6) is -0.289. The van der Waals surface area contributed by atoms with Crippen molar-refractivity contribution >= 4 is 17.4 Å². The molecule has 126 valence electrons. The Kier molecular flexibility index (Phi) is 4.22. The van der Waals surface area contributed by atoms with Crippen molar-refractivity contribution in [1.29, 1.82) is 0 Å². The maximum atomic E-state index is 12.8. The van der Waals surface area contributed by atoms with Gasteiger partial charge in [0.05, 0.1) is 5.57 Å². The molecule has 0 radical (unpaired) electrons. The lowest BCUT2D eigenvalue weighted by Crippen LogP contribution is -2.41. The van der Waals surface area contributed by atoms with Crippen LogP contribution in [0.5, 0.6) is 0 Å². The van der Waals surface area contributed by atoms with Crippen LogP contribution in [0.15, 0.2) is 60.7 Å². The molecular weight excluding hydrogens is 310 g/mol. The summed E-state index contributed by atoms with van der Waals surface area (Å²) < 4.78 is 0. The van der Waals surface area contributed by atoms with Gasteiger partial charge in [-0.1, -0.05) is 73.9 Å². The Balaban J connectivity index is 1.57. The van der Waals surface area contributed by atoms with Crippen molar-refractivity contribution in [3.8, 4) is 11.1 Å². The smallest absolute Gasteiger partial charge is 0.261 e. The number of hydrogen-bond donors (Lipinski definition) is 0. The standard InChI is InChI=1S/C22H21NO2/c24-21-15-20(22(25)23(21)19-9-5-2-6-10-19)18-13-11-17(12-14-18)16-7-3-1-4-8-16/h1,3-4,7-8,11-15,19H,2,5-6,9-10H2. The lowest BCUT2D eigenvalue weighted by atomic mass is 9.94. The monoisotopic (exact) mass is 331 g/mol. The zero-order valence-corrected chi connectivity index (χ0v) is 14.2. The van der Waals surface area contributed by atoms with E-state index in [0.717, 1.165) is 42.4 Å². The summed E-state index contributed by atoms with van der Waals surface area (Å²) >= 11 is 0. The van der Waals surface area contributed by atoms with Crippen LogP contribution in [0, 0.1) is 0 Å². The molecule has 0 atom stereocenters. The highest BCUT2D eigenvalue weighted by atomic mass is 16.2. The lowest BCUT2D eigenvalue weighted by molar-refractivity contribution is -0.139. The number of nitrogens with zero attached hydrogens (tertiary/aromatic N) is 1. The zero-order chi connectivity index (χ0) is 17.2. The highest BCUT2D eigenvalue weighted by molar-refractivity contribution is 6.33. The van der Waals surface area contributed by atoms with Crippen molar-refractivity contribution in [2.24, 2.45) is 0 Å². The molecule has 0 bridgehead atoms. The highest BCUT2D eigenvalue weighted by Gasteiger charge is 2.37. The molecule has 1 fully saturated rings. The maximum absolute atomic E-state index is 12.8. The number of hydrogen-bond acceptors (Lipinski definition) is 2. The summed E-state index contributed by atoms with van der Waals surface area (Å²) in [6, 6.07) is 18.1. The predicted molar refractivity (Wildman–Crippen MR) is 98.6 cm³/mol. The second-order valence-corrected chi connectivity index (χ2v) is 6.81. The van der Waals surface area contributed by atoms with Gasteiger partial charge >= 0.3 is 0 Å². The second-order valence-electron chi connectivity index (χ2n) is 6.81. The van der Waals surface area contributed by atoms with Crippen LogP contribution < -0.4 is 0 Å². The molecule has 25 heavy (non-hydrogen) atoms. The van der Waals surface area contributed by atoms with E-state index >= 15 is 0 Å². The number of amides is 2. The van der Waals surface area contributed by atoms with Crippen LogP contribution in [0.3, 0.4) is 0 Å². The number of imide groups is 1. The van der Waals surface area contributed by atoms with E-state index in [1.54, 1.807) is 0 Å². The van der Waals surface area contributed by atoms with Gasteiger partial charge in [0.2, 0.25) is 0 Å². The van der Waals surface area contributed by atoms with Gasteiger partial charge in [-0.2, -0.15) is 0 Å². The first kappa shape index (κ1) is 15.8. The van der Waals surface area contributed by atoms with Crippen LogP contribution in [0.1, 0.15) is 37.7 Å². The Labute approximate surface area is 148 Å². The van der Waals surface area contributed by atoms with Crippen molar-refractivity contribution in [3.05, 3.63) is 66.2 Å². The van der Waals surface area contributed by atoms with Crippen LogP contribution in [0.2, 0.25) is 0 Å². The average molecular weight is 331 g/mol. The average Bonchev–Trinajstić information content (AvgIpc) is 2.97. The van der Waals surface area contributed by atoms with E-state index in [2.05, 4.69) is 12.1 Å². The highest BCUT2D eigenvalue weighted by Crippen LogP contribution is 2.31. The molecule has 1 aliphatic carbocycles. The minimum Gasteiger partial charge on any atom is -0.272 e. The predicted octanol–water partition coefficient (Wildman–Crippen LogP) is 4.44. The molecule has 0 spiro atoms. The molecule has 1 aliphatic heterocycles. The number of carbonyl (C=O) groups excluding carboxylic acids is 2. The molecule has 0 aromatic heterocycles. The summed E-state index contributed by atoms with van der Waals surface area (Å²) in [6.07, 6.45) is 6.78. The topological polar surface area (TPSA) is 37.4 Å². The number of rotatable bonds is 3. The van der Waals surface area contributed by atoms with Crippen LogP contribution >= 0.6 is 0 Å². The molecule has 4 rings (SSSR count). The summed E-state index contributed by atoms with van der Waals surface area (Å²) in [7, 11) is 0. The molecular formula is C22H21NO2. The van der Waals surface area contributed by atoms with Gasteiger partial charge in [-0.15, -0.1) is 0 Å². The Morgan fingerprint density at radius 3 is 2.00 bits per heavy atom. The largest absolute Gasteiger partial charge is 0.272 e. The van der Waals surface area contributed by atoms with Gasteiger partial charge in [0.1, 0.15) is 0 Å². The molecule has 2 aromatic carbocycles. The van der Waals surface area contributed by atoms with E-state index in [4.69, 9.17) is 0 Å². The molecule has 1 saturated carbocycles. The van der Waals surface area contributed by atoms with Gasteiger partial charge in [-0.25, -0.2) is 0 Å². The molecule has 0 unspecified atom stereocenters. The summed E-state index contributed by atoms with van der Waals surface area (Å²) in [5, 5.41) is 0. The Morgan fingerprint density at radius 1 is 0.720 bits per heavy atom. The third-order valence-electron chi connectivity index (χ3n) is 5.20. The van der Waals surface area contributed by atoms with Crippen molar-refractivity contribution in [1.82, 2.24) is 4.90 Å². The van der Waals surface area contributed by atoms with Gasteiger partial charge in [0.25, 0.3) is 11.8 Å². The molecule has 3 heteroatoms. The Bertz CT molecular complexity index is 815. The minimum absolute atomic E-state index is 0.0751. The molecule has 1 heterocycles. The summed E-state index contributed by atoms with van der Waals surface area (Å²) in [5.41, 5.74) is 3.58. The molecule has 0 saturated heterocycles. The van der Waals surface area contributed by atoms with E-state index in [1.165, 1.54) is 17.4 Å². The Hall–Kier alpha value is -2.68. The molecule has 3 nitrogen and oxygen atoms in total. The van der Waals surface area contributed by atoms with Crippen LogP contribution in [0.25, 0.3) is 16.7 Å². The van der Waals surface area contributed by atoms with Crippen molar-refractivity contribution in [2.45, 2.75) is 38.1 Å². The molecule has 2 aromatic rings. The van der Waals surface area contributed by atoms with Crippen LogP contribution in [0.4, 0.5) is 0 Å². The normalized spacial score (nSPS) is 18.6. The maximum Gasteiger partial charge on any atom is 0.261 e. The van der Waals surface area contributed by atoms with E-state index in [0.29, 0.717) is 5.57 Å². The van der Waals surface area contributed by atoms with E-state index < -0.39 is 0 Å². The molecule has 0 N–H and O–H groups in total. The Morgan fingerprint density at radius 2 is 1.32 bits per heavy atom. The SMILES string of the molecule is O=C1C=C(c2ccc(-c3ccccc3)cc2)C(=O)N1C1CCCCC1. The first-order valence-electron chi connectivity index (χ1n) is 8.99. The number of benzene rings is 2. The van der Waals surface area contributed by atoms with Crippen molar-refractivity contribution < 1.29 is 9.59 Å². The van der Waals surface area contributed by atoms with Crippen LogP contribution in [-0.2, 0) is 9.59 Å². The summed E-state index contributed by atoms with van der Waals surface area (Å²) in [6.45, 7) is 0. The van der Waals surface area contributed by atoms with Gasteiger partial charge < -0.3 is 0 Å². The van der Waals surface area contributed by atoms with Gasteiger partial charge in [0, 0.05) is 12.1 Å². The van der Waals surface area contributed by atoms with E-state index in [1.807, 2.05) is 42.5 Å². The van der Waals surface area contributed by atoms with Gasteiger partial charge in [0.15, 0.2) is 0 Å². The van der Waals surface area contributed by atoms with Crippen molar-refractivity contribution in [2.75, 3.05) is 0 Å². The third kappa shape index (κ3) is 3.02. The van der Waals surface area contributed by atoms with E-state index in [9.17, 15) is 9.59 Å². The number of carbonyl (C=O) groups is 2. The van der Waals surface area contributed by atoms with Crippen molar-refractivity contribution in [3.63, 3.8) is 0 Å². The molecule has 2 aliphatic rings. The second kappa shape index (κ2) is 6.67. The van der Waals surface area contributed by atoms with Gasteiger partial charge in [-0.05, 0) is 29.5 Å². The lowest BCUT2D eigenvalue weighted by Gasteiger charge is -2.29. The molecule has 2 amide bonds. The van der Waals surface area contributed by atoms with Gasteiger partial charge in [-0.3, -0.25) is 14.5 Å². The van der Waals surface area contributed by atoms with E-state index in [-0.39, 0.29) is 17.9 Å². The zero-order valence-electron chi connectivity index (χ0n) is 14.2. The third-order valence-corrected chi connectivity index (χ3v) is 5.20. The first-order valence-corrected chi connectivity index (χ1v) is 8.99. The fourth-order valence-corrected chi connectivity index (χ4v) is 3.85. The summed E-state index contributed by atoms with van der Waals surface area (Å²) in [4.78, 5) is 26.7.